The Kier molecular flexibility index (Phi) is 6.84. The van der Waals surface area contributed by atoms with Crippen LogP contribution >= 0.6 is 45.2 Å². The van der Waals surface area contributed by atoms with Crippen LogP contribution in [0.2, 0.25) is 0 Å². The monoisotopic (exact) mass is 550 g/mol. The number of halogens is 2. The summed E-state index contributed by atoms with van der Waals surface area (Å²) in [5.74, 6) is 0.441. The van der Waals surface area contributed by atoms with Gasteiger partial charge in [-0.25, -0.2) is 5.43 Å². The van der Waals surface area contributed by atoms with Crippen LogP contribution in [0.5, 0.6) is 11.5 Å². The molecule has 0 unspecified atom stereocenters. The standard InChI is InChI=1S/C17H16I2N2O3/c1-10-3-4-15(11(2)5-10)24-9-16(22)21-20-8-12-6-13(18)7-14(19)17(12)23/h3-8,23H,9H2,1-2H3,(H,21,22). The third-order valence-electron chi connectivity index (χ3n) is 3.14. The number of amides is 1. The molecule has 24 heavy (non-hydrogen) atoms. The van der Waals surface area contributed by atoms with Crippen molar-refractivity contribution in [3.63, 3.8) is 0 Å². The molecule has 0 aliphatic carbocycles. The van der Waals surface area contributed by atoms with Gasteiger partial charge in [0, 0.05) is 9.13 Å². The first-order chi connectivity index (χ1) is 11.4. The van der Waals surface area contributed by atoms with Crippen LogP contribution in [0.1, 0.15) is 16.7 Å². The third-order valence-corrected chi connectivity index (χ3v) is 4.58. The van der Waals surface area contributed by atoms with Crippen molar-refractivity contribution >= 4 is 57.3 Å². The van der Waals surface area contributed by atoms with Crippen LogP contribution in [0, 0.1) is 21.0 Å². The summed E-state index contributed by atoms with van der Waals surface area (Å²) in [6.45, 7) is 3.80. The van der Waals surface area contributed by atoms with Gasteiger partial charge in [-0.2, -0.15) is 5.10 Å². The lowest BCUT2D eigenvalue weighted by molar-refractivity contribution is -0.123. The van der Waals surface area contributed by atoms with Crippen LogP contribution in [0.15, 0.2) is 35.4 Å². The number of aromatic hydroxyl groups is 1. The summed E-state index contributed by atoms with van der Waals surface area (Å²) in [5.41, 5.74) is 5.05. The van der Waals surface area contributed by atoms with Gasteiger partial charge in [-0.1, -0.05) is 17.7 Å². The molecule has 0 fully saturated rings. The number of phenolic OH excluding ortho intramolecular Hbond substituents is 1. The minimum atomic E-state index is -0.369. The zero-order valence-corrected chi connectivity index (χ0v) is 17.5. The normalized spacial score (nSPS) is 10.8. The van der Waals surface area contributed by atoms with Crippen LogP contribution in [-0.4, -0.2) is 23.8 Å². The average Bonchev–Trinajstić information content (AvgIpc) is 2.51. The van der Waals surface area contributed by atoms with E-state index in [1.807, 2.05) is 60.7 Å². The predicted molar refractivity (Wildman–Crippen MR) is 111 cm³/mol. The average molecular weight is 550 g/mol. The Balaban J connectivity index is 1.91. The van der Waals surface area contributed by atoms with Crippen LogP contribution in [0.3, 0.4) is 0 Å². The summed E-state index contributed by atoms with van der Waals surface area (Å²) in [4.78, 5) is 11.8. The Morgan fingerprint density at radius 1 is 1.29 bits per heavy atom. The van der Waals surface area contributed by atoms with E-state index in [9.17, 15) is 9.90 Å². The maximum absolute atomic E-state index is 11.8. The summed E-state index contributed by atoms with van der Waals surface area (Å²) in [7, 11) is 0. The van der Waals surface area contributed by atoms with Gasteiger partial charge in [0.05, 0.1) is 9.78 Å². The van der Waals surface area contributed by atoms with Gasteiger partial charge < -0.3 is 9.84 Å². The second-order valence-electron chi connectivity index (χ2n) is 5.18. The Bertz CT molecular complexity index is 792. The Morgan fingerprint density at radius 3 is 2.75 bits per heavy atom. The van der Waals surface area contributed by atoms with Crippen LogP contribution in [0.25, 0.3) is 0 Å². The zero-order valence-electron chi connectivity index (χ0n) is 13.1. The number of phenols is 1. The second-order valence-corrected chi connectivity index (χ2v) is 7.58. The first-order valence-corrected chi connectivity index (χ1v) is 9.22. The first kappa shape index (κ1) is 19.0. The molecule has 0 saturated heterocycles. The van der Waals surface area contributed by atoms with Crippen molar-refractivity contribution in [2.75, 3.05) is 6.61 Å². The SMILES string of the molecule is Cc1ccc(OCC(=O)NN=Cc2cc(I)cc(I)c2O)c(C)c1. The fraction of sp³-hybridized carbons (Fsp3) is 0.176. The Hall–Kier alpha value is -1.36. The van der Waals surface area contributed by atoms with E-state index in [4.69, 9.17) is 4.74 Å². The highest BCUT2D eigenvalue weighted by atomic mass is 127. The molecule has 0 atom stereocenters. The summed E-state index contributed by atoms with van der Waals surface area (Å²) < 4.78 is 7.18. The molecule has 0 heterocycles. The molecule has 2 aromatic rings. The highest BCUT2D eigenvalue weighted by Gasteiger charge is 2.06. The van der Waals surface area contributed by atoms with Crippen molar-refractivity contribution in [2.24, 2.45) is 5.10 Å². The van der Waals surface area contributed by atoms with Gasteiger partial charge in [-0.3, -0.25) is 4.79 Å². The van der Waals surface area contributed by atoms with E-state index < -0.39 is 0 Å². The van der Waals surface area contributed by atoms with Gasteiger partial charge in [0.15, 0.2) is 6.61 Å². The molecule has 0 radical (unpaired) electrons. The molecule has 1 amide bonds. The fourth-order valence-corrected chi connectivity index (χ4v) is 3.88. The number of nitrogens with zero attached hydrogens (tertiary/aromatic N) is 1. The number of ether oxygens (including phenoxy) is 1. The lowest BCUT2D eigenvalue weighted by Crippen LogP contribution is -2.24. The van der Waals surface area contributed by atoms with Crippen molar-refractivity contribution in [1.29, 1.82) is 0 Å². The van der Waals surface area contributed by atoms with E-state index in [1.165, 1.54) is 6.21 Å². The summed E-state index contributed by atoms with van der Waals surface area (Å²) in [6.07, 6.45) is 1.41. The molecule has 0 saturated carbocycles. The molecule has 2 N–H and O–H groups in total. The van der Waals surface area contributed by atoms with Gasteiger partial charge in [0.1, 0.15) is 11.5 Å². The number of rotatable bonds is 5. The van der Waals surface area contributed by atoms with Gasteiger partial charge in [0.2, 0.25) is 0 Å². The number of carbonyl (C=O) groups excluding carboxylic acids is 1. The molecule has 126 valence electrons. The van der Waals surface area contributed by atoms with Crippen LogP contribution < -0.4 is 10.2 Å². The molecular weight excluding hydrogens is 534 g/mol. The van der Waals surface area contributed by atoms with E-state index in [0.717, 1.165) is 18.3 Å². The molecule has 7 heteroatoms. The molecule has 5 nitrogen and oxygen atoms in total. The van der Waals surface area contributed by atoms with E-state index in [-0.39, 0.29) is 18.3 Å². The summed E-state index contributed by atoms with van der Waals surface area (Å²) >= 11 is 4.20. The lowest BCUT2D eigenvalue weighted by Gasteiger charge is -2.08. The number of benzene rings is 2. The quantitative estimate of drug-likeness (QED) is 0.339. The molecule has 0 bridgehead atoms. The maximum Gasteiger partial charge on any atom is 0.277 e. The maximum atomic E-state index is 11.8. The van der Waals surface area contributed by atoms with Crippen molar-refractivity contribution in [1.82, 2.24) is 5.43 Å². The number of nitrogens with one attached hydrogen (secondary N) is 1. The first-order valence-electron chi connectivity index (χ1n) is 7.07. The number of hydrogen-bond donors (Lipinski definition) is 2. The van der Waals surface area contributed by atoms with Crippen LogP contribution in [-0.2, 0) is 4.79 Å². The third kappa shape index (κ3) is 5.33. The van der Waals surface area contributed by atoms with Gasteiger partial charge in [-0.05, 0) is 82.8 Å². The van der Waals surface area contributed by atoms with E-state index in [2.05, 4.69) is 33.1 Å². The topological polar surface area (TPSA) is 70.9 Å². The van der Waals surface area contributed by atoms with Crippen molar-refractivity contribution in [3.8, 4) is 11.5 Å². The summed E-state index contributed by atoms with van der Waals surface area (Å²) in [5, 5.41) is 13.8. The molecule has 0 aromatic heterocycles. The molecule has 0 aliphatic rings. The van der Waals surface area contributed by atoms with Gasteiger partial charge in [-0.15, -0.1) is 0 Å². The highest BCUT2D eigenvalue weighted by molar-refractivity contribution is 14.1. The minimum Gasteiger partial charge on any atom is -0.506 e. The van der Waals surface area contributed by atoms with E-state index in [0.29, 0.717) is 11.3 Å². The lowest BCUT2D eigenvalue weighted by atomic mass is 10.1. The molecule has 0 aliphatic heterocycles. The predicted octanol–water partition coefficient (Wildman–Crippen LogP) is 3.75. The largest absolute Gasteiger partial charge is 0.506 e. The Morgan fingerprint density at radius 2 is 2.04 bits per heavy atom. The fourth-order valence-electron chi connectivity index (χ4n) is 1.99. The number of hydrazone groups is 1. The van der Waals surface area contributed by atoms with Crippen LogP contribution in [0.4, 0.5) is 0 Å². The number of hydrogen-bond acceptors (Lipinski definition) is 4. The summed E-state index contributed by atoms with van der Waals surface area (Å²) in [6, 6.07) is 9.39. The molecular formula is C17H16I2N2O3. The minimum absolute atomic E-state index is 0.128. The van der Waals surface area contributed by atoms with Crippen molar-refractivity contribution in [3.05, 3.63) is 54.2 Å². The smallest absolute Gasteiger partial charge is 0.277 e. The Labute approximate surface area is 167 Å². The van der Waals surface area contributed by atoms with Gasteiger partial charge in [0.25, 0.3) is 5.91 Å². The van der Waals surface area contributed by atoms with Gasteiger partial charge >= 0.3 is 0 Å². The van der Waals surface area contributed by atoms with Crippen molar-refractivity contribution < 1.29 is 14.6 Å². The number of carbonyl (C=O) groups is 1. The molecule has 0 spiro atoms. The van der Waals surface area contributed by atoms with E-state index in [1.54, 1.807) is 6.07 Å². The molecule has 2 aromatic carbocycles. The van der Waals surface area contributed by atoms with Crippen molar-refractivity contribution in [2.45, 2.75) is 13.8 Å². The molecule has 2 rings (SSSR count). The van der Waals surface area contributed by atoms with E-state index >= 15 is 0 Å². The zero-order chi connectivity index (χ0) is 17.7. The number of aryl methyl sites for hydroxylation is 2. The second kappa shape index (κ2) is 8.65. The highest BCUT2D eigenvalue weighted by Crippen LogP contribution is 2.25.